The fourth-order valence-electron chi connectivity index (χ4n) is 1.49. The number of rotatable bonds is 3. The third-order valence-electron chi connectivity index (χ3n) is 2.12. The van der Waals surface area contributed by atoms with Crippen molar-refractivity contribution in [3.63, 3.8) is 0 Å². The molecule has 0 aliphatic carbocycles. The number of nitrogens with one attached hydrogen (secondary N) is 2. The van der Waals surface area contributed by atoms with Crippen molar-refractivity contribution in [1.82, 2.24) is 10.3 Å². The van der Waals surface area contributed by atoms with E-state index in [2.05, 4.69) is 15.6 Å². The third-order valence-corrected chi connectivity index (χ3v) is 2.12. The van der Waals surface area contributed by atoms with Gasteiger partial charge in [0.1, 0.15) is 5.52 Å². The van der Waals surface area contributed by atoms with Gasteiger partial charge >= 0.3 is 0 Å². The van der Waals surface area contributed by atoms with E-state index in [1.165, 1.54) is 0 Å². The Balaban J connectivity index is 0.00000144. The molecule has 0 saturated heterocycles. The van der Waals surface area contributed by atoms with Crippen LogP contribution in [0.15, 0.2) is 22.6 Å². The number of oxazole rings is 1. The first-order valence-corrected chi connectivity index (χ1v) is 5.00. The van der Waals surface area contributed by atoms with E-state index in [1.54, 1.807) is 32.2 Å². The highest BCUT2D eigenvalue weighted by atomic mass is 35.5. The minimum absolute atomic E-state index is 0. The van der Waals surface area contributed by atoms with Crippen LogP contribution in [0.1, 0.15) is 5.89 Å². The molecule has 1 amide bonds. The van der Waals surface area contributed by atoms with E-state index < -0.39 is 0 Å². The van der Waals surface area contributed by atoms with Gasteiger partial charge in [0.15, 0.2) is 11.5 Å². The summed E-state index contributed by atoms with van der Waals surface area (Å²) < 4.78 is 5.34. The Labute approximate surface area is 105 Å². The van der Waals surface area contributed by atoms with E-state index in [-0.39, 0.29) is 24.9 Å². The van der Waals surface area contributed by atoms with Gasteiger partial charge in [-0.25, -0.2) is 4.98 Å². The van der Waals surface area contributed by atoms with Crippen molar-refractivity contribution in [2.45, 2.75) is 6.92 Å². The van der Waals surface area contributed by atoms with Crippen LogP contribution in [-0.2, 0) is 4.79 Å². The van der Waals surface area contributed by atoms with E-state index in [1.807, 2.05) is 0 Å². The fraction of sp³-hybridized carbons (Fsp3) is 0.273. The largest absolute Gasteiger partial charge is 0.441 e. The van der Waals surface area contributed by atoms with Crippen molar-refractivity contribution in [2.24, 2.45) is 0 Å². The van der Waals surface area contributed by atoms with Crippen molar-refractivity contribution in [2.75, 3.05) is 18.9 Å². The van der Waals surface area contributed by atoms with Gasteiger partial charge in [-0.3, -0.25) is 4.79 Å². The lowest BCUT2D eigenvalue weighted by atomic mass is 10.3. The number of aromatic nitrogens is 1. The number of hydrogen-bond acceptors (Lipinski definition) is 4. The molecule has 0 atom stereocenters. The number of amides is 1. The summed E-state index contributed by atoms with van der Waals surface area (Å²) in [6.45, 7) is 2.08. The predicted octanol–water partition coefficient (Wildman–Crippen LogP) is 1.72. The molecule has 2 rings (SSSR count). The Morgan fingerprint density at radius 2 is 2.24 bits per heavy atom. The molecular weight excluding hydrogens is 242 g/mol. The van der Waals surface area contributed by atoms with Crippen LogP contribution in [0.2, 0.25) is 0 Å². The van der Waals surface area contributed by atoms with Crippen LogP contribution in [0.5, 0.6) is 0 Å². The van der Waals surface area contributed by atoms with Crippen molar-refractivity contribution < 1.29 is 9.21 Å². The van der Waals surface area contributed by atoms with Gasteiger partial charge in [0, 0.05) is 12.6 Å². The van der Waals surface area contributed by atoms with E-state index in [0.717, 1.165) is 16.8 Å². The first kappa shape index (κ1) is 13.5. The molecule has 6 heteroatoms. The molecule has 1 aromatic carbocycles. The monoisotopic (exact) mass is 255 g/mol. The van der Waals surface area contributed by atoms with Crippen LogP contribution in [-0.4, -0.2) is 24.5 Å². The second-order valence-corrected chi connectivity index (χ2v) is 3.49. The van der Waals surface area contributed by atoms with Crippen LogP contribution in [0.4, 0.5) is 5.69 Å². The number of aryl methyl sites for hydroxylation is 1. The molecule has 0 bridgehead atoms. The van der Waals surface area contributed by atoms with Gasteiger partial charge in [0.05, 0.1) is 6.54 Å². The normalized spacial score (nSPS) is 10.0. The molecule has 0 radical (unpaired) electrons. The van der Waals surface area contributed by atoms with Gasteiger partial charge in [0.25, 0.3) is 0 Å². The summed E-state index contributed by atoms with van der Waals surface area (Å²) in [6.07, 6.45) is 0. The maximum atomic E-state index is 11.3. The quantitative estimate of drug-likeness (QED) is 0.876. The number of nitrogens with zero attached hydrogens (tertiary/aromatic N) is 1. The molecule has 0 unspecified atom stereocenters. The molecule has 5 nitrogen and oxygen atoms in total. The summed E-state index contributed by atoms with van der Waals surface area (Å²) in [5, 5.41) is 5.54. The molecule has 17 heavy (non-hydrogen) atoms. The van der Waals surface area contributed by atoms with E-state index in [9.17, 15) is 4.79 Å². The fourth-order valence-corrected chi connectivity index (χ4v) is 1.49. The van der Waals surface area contributed by atoms with Crippen LogP contribution in [0.25, 0.3) is 11.1 Å². The number of fused-ring (bicyclic) bond motifs is 1. The Morgan fingerprint density at radius 1 is 1.47 bits per heavy atom. The first-order valence-electron chi connectivity index (χ1n) is 5.00. The second-order valence-electron chi connectivity index (χ2n) is 3.49. The zero-order valence-corrected chi connectivity index (χ0v) is 10.4. The lowest BCUT2D eigenvalue weighted by molar-refractivity contribution is -0.115. The molecule has 0 fully saturated rings. The van der Waals surface area contributed by atoms with E-state index >= 15 is 0 Å². The Hall–Kier alpha value is -1.59. The van der Waals surface area contributed by atoms with Crippen LogP contribution >= 0.6 is 12.4 Å². The van der Waals surface area contributed by atoms with Crippen molar-refractivity contribution >= 4 is 35.1 Å². The van der Waals surface area contributed by atoms with Crippen molar-refractivity contribution in [3.8, 4) is 0 Å². The highest BCUT2D eigenvalue weighted by Crippen LogP contribution is 2.19. The number of hydrogen-bond donors (Lipinski definition) is 2. The average Bonchev–Trinajstić information content (AvgIpc) is 2.57. The number of carbonyl (C=O) groups is 1. The molecule has 0 aliphatic heterocycles. The summed E-state index contributed by atoms with van der Waals surface area (Å²) in [5.74, 6) is 0.538. The molecule has 0 saturated carbocycles. The number of anilines is 1. The average molecular weight is 256 g/mol. The summed E-state index contributed by atoms with van der Waals surface area (Å²) in [7, 11) is 1.73. The summed E-state index contributed by atoms with van der Waals surface area (Å²) in [4.78, 5) is 15.5. The summed E-state index contributed by atoms with van der Waals surface area (Å²) >= 11 is 0. The second kappa shape index (κ2) is 5.65. The molecule has 1 aromatic heterocycles. The van der Waals surface area contributed by atoms with Gasteiger partial charge in [-0.15, -0.1) is 12.4 Å². The highest BCUT2D eigenvalue weighted by molar-refractivity contribution is 5.94. The Kier molecular flexibility index (Phi) is 4.48. The van der Waals surface area contributed by atoms with Crippen LogP contribution < -0.4 is 10.6 Å². The van der Waals surface area contributed by atoms with Gasteiger partial charge in [-0.05, 0) is 25.2 Å². The standard InChI is InChI=1S/C11H13N3O2.ClH/c1-7-13-9-5-8(3-4-10(9)16-7)14-11(15)6-12-2;/h3-5,12H,6H2,1-2H3,(H,14,15);1H. The summed E-state index contributed by atoms with van der Waals surface area (Å²) in [6, 6.07) is 5.38. The van der Waals surface area contributed by atoms with Gasteiger partial charge in [-0.1, -0.05) is 0 Å². The van der Waals surface area contributed by atoms with Gasteiger partial charge in [-0.2, -0.15) is 0 Å². The molecule has 2 aromatic rings. The zero-order valence-electron chi connectivity index (χ0n) is 9.61. The maximum Gasteiger partial charge on any atom is 0.238 e. The topological polar surface area (TPSA) is 67.2 Å². The maximum absolute atomic E-state index is 11.3. The van der Waals surface area contributed by atoms with Crippen LogP contribution in [0.3, 0.4) is 0 Å². The molecule has 92 valence electrons. The predicted molar refractivity (Wildman–Crippen MR) is 68.6 cm³/mol. The SMILES string of the molecule is CNCC(=O)Nc1ccc2oc(C)nc2c1.Cl. The minimum atomic E-state index is -0.0814. The van der Waals surface area contributed by atoms with Gasteiger partial charge in [0.2, 0.25) is 5.91 Å². The molecule has 1 heterocycles. The Morgan fingerprint density at radius 3 is 2.94 bits per heavy atom. The molecule has 0 spiro atoms. The third kappa shape index (κ3) is 3.18. The molecular formula is C11H14ClN3O2. The van der Waals surface area contributed by atoms with E-state index in [4.69, 9.17) is 4.42 Å². The zero-order chi connectivity index (χ0) is 11.5. The van der Waals surface area contributed by atoms with Gasteiger partial charge < -0.3 is 15.1 Å². The lowest BCUT2D eigenvalue weighted by Gasteiger charge is -2.03. The minimum Gasteiger partial charge on any atom is -0.441 e. The lowest BCUT2D eigenvalue weighted by Crippen LogP contribution is -2.24. The summed E-state index contributed by atoms with van der Waals surface area (Å²) in [5.41, 5.74) is 2.20. The van der Waals surface area contributed by atoms with E-state index in [0.29, 0.717) is 5.89 Å². The van der Waals surface area contributed by atoms with Crippen LogP contribution in [0, 0.1) is 6.92 Å². The molecule has 0 aliphatic rings. The molecule has 2 N–H and O–H groups in total. The first-order chi connectivity index (χ1) is 7.69. The number of carbonyl (C=O) groups excluding carboxylic acids is 1. The number of likely N-dealkylation sites (N-methyl/N-ethyl adjacent to an activating group) is 1. The Bertz CT molecular complexity index is 524. The highest BCUT2D eigenvalue weighted by Gasteiger charge is 2.05. The number of halogens is 1. The number of benzene rings is 1. The smallest absolute Gasteiger partial charge is 0.238 e. The van der Waals surface area contributed by atoms with Crippen molar-refractivity contribution in [3.05, 3.63) is 24.1 Å². The van der Waals surface area contributed by atoms with Crippen molar-refractivity contribution in [1.29, 1.82) is 0 Å².